The number of rotatable bonds is 3. The number of anilines is 1. The number of nitrogens with zero attached hydrogens (tertiary/aromatic N) is 2. The van der Waals surface area contributed by atoms with Gasteiger partial charge in [0.1, 0.15) is 0 Å². The first-order valence-electron chi connectivity index (χ1n) is 5.59. The summed E-state index contributed by atoms with van der Waals surface area (Å²) in [6.07, 6.45) is 2.22. The van der Waals surface area contributed by atoms with E-state index < -0.39 is 0 Å². The van der Waals surface area contributed by atoms with Gasteiger partial charge in [0.25, 0.3) is 0 Å². The highest BCUT2D eigenvalue weighted by atomic mass is 16.1. The van der Waals surface area contributed by atoms with Crippen LogP contribution in [0.3, 0.4) is 0 Å². The molecule has 4 nitrogen and oxygen atoms in total. The Labute approximate surface area is 100 Å². The summed E-state index contributed by atoms with van der Waals surface area (Å²) in [6.45, 7) is 1.82. The van der Waals surface area contributed by atoms with E-state index in [9.17, 15) is 4.79 Å². The lowest BCUT2D eigenvalue weighted by molar-refractivity contribution is -0.115. The zero-order chi connectivity index (χ0) is 12.3. The third-order valence-corrected chi connectivity index (χ3v) is 2.63. The number of hydrogen-bond donors (Lipinski definition) is 1. The third kappa shape index (κ3) is 2.36. The second-order valence-corrected chi connectivity index (χ2v) is 3.79. The largest absolute Gasteiger partial charge is 0.313 e. The van der Waals surface area contributed by atoms with Crippen molar-refractivity contribution >= 4 is 11.9 Å². The maximum atomic E-state index is 11.3. The minimum absolute atomic E-state index is 0.0293. The Kier molecular flexibility index (Phi) is 3.23. The van der Waals surface area contributed by atoms with E-state index in [0.717, 1.165) is 11.3 Å². The second kappa shape index (κ2) is 4.82. The normalized spacial score (nSPS) is 10.2. The van der Waals surface area contributed by atoms with Crippen LogP contribution in [-0.2, 0) is 11.8 Å². The molecule has 0 atom stereocenters. The first kappa shape index (κ1) is 11.4. The average Bonchev–Trinajstić information content (AvgIpc) is 2.72. The van der Waals surface area contributed by atoms with Gasteiger partial charge in [-0.3, -0.25) is 10.1 Å². The van der Waals surface area contributed by atoms with Crippen LogP contribution in [0.1, 0.15) is 13.3 Å². The lowest BCUT2D eigenvalue weighted by Crippen LogP contribution is -2.13. The Morgan fingerprint density at radius 3 is 2.71 bits per heavy atom. The highest BCUT2D eigenvalue weighted by molar-refractivity contribution is 5.89. The van der Waals surface area contributed by atoms with E-state index >= 15 is 0 Å². The minimum Gasteiger partial charge on any atom is -0.313 e. The number of imidazole rings is 1. The Morgan fingerprint density at radius 2 is 2.06 bits per heavy atom. The molecule has 0 saturated carbocycles. The number of nitrogens with one attached hydrogen (secondary N) is 1. The molecule has 1 N–H and O–H groups in total. The molecule has 0 aliphatic rings. The number of benzene rings is 1. The smallest absolute Gasteiger partial charge is 0.226 e. The molecule has 0 saturated heterocycles. The lowest BCUT2D eigenvalue weighted by atomic mass is 10.2. The van der Waals surface area contributed by atoms with Crippen LogP contribution in [0.5, 0.6) is 0 Å². The fourth-order valence-electron chi connectivity index (χ4n) is 1.62. The predicted octanol–water partition coefficient (Wildman–Crippen LogP) is 2.44. The molecule has 0 spiro atoms. The number of carbonyl (C=O) groups is 1. The Hall–Kier alpha value is -2.10. The molecule has 0 unspecified atom stereocenters. The molecule has 1 aromatic carbocycles. The van der Waals surface area contributed by atoms with Crippen LogP contribution in [0.4, 0.5) is 5.95 Å². The van der Waals surface area contributed by atoms with Crippen LogP contribution < -0.4 is 5.32 Å². The van der Waals surface area contributed by atoms with Crippen molar-refractivity contribution in [3.05, 3.63) is 36.5 Å². The SMILES string of the molecule is CCC(=O)Nc1ncc(-c2ccccc2)n1C. The van der Waals surface area contributed by atoms with Gasteiger partial charge in [0.15, 0.2) is 0 Å². The fraction of sp³-hybridized carbons (Fsp3) is 0.231. The molecular weight excluding hydrogens is 214 g/mol. The van der Waals surface area contributed by atoms with E-state index in [1.807, 2.05) is 48.9 Å². The van der Waals surface area contributed by atoms with Crippen LogP contribution >= 0.6 is 0 Å². The lowest BCUT2D eigenvalue weighted by Gasteiger charge is -2.06. The van der Waals surface area contributed by atoms with E-state index in [2.05, 4.69) is 10.3 Å². The van der Waals surface area contributed by atoms with Crippen molar-refractivity contribution in [1.29, 1.82) is 0 Å². The van der Waals surface area contributed by atoms with Crippen molar-refractivity contribution in [2.75, 3.05) is 5.32 Å². The second-order valence-electron chi connectivity index (χ2n) is 3.79. The van der Waals surface area contributed by atoms with Gasteiger partial charge in [-0.2, -0.15) is 0 Å². The zero-order valence-corrected chi connectivity index (χ0v) is 9.97. The van der Waals surface area contributed by atoms with Crippen molar-refractivity contribution in [1.82, 2.24) is 9.55 Å². The minimum atomic E-state index is -0.0293. The summed E-state index contributed by atoms with van der Waals surface area (Å²) in [5, 5.41) is 2.76. The summed E-state index contributed by atoms with van der Waals surface area (Å²) in [6, 6.07) is 9.96. The van der Waals surface area contributed by atoms with Crippen LogP contribution in [0, 0.1) is 0 Å². The monoisotopic (exact) mass is 229 g/mol. The molecule has 88 valence electrons. The molecule has 1 aromatic heterocycles. The first-order chi connectivity index (χ1) is 8.22. The van der Waals surface area contributed by atoms with Gasteiger partial charge < -0.3 is 4.57 Å². The number of carbonyl (C=O) groups excluding carboxylic acids is 1. The Balaban J connectivity index is 2.30. The topological polar surface area (TPSA) is 46.9 Å². The molecular formula is C13H15N3O. The van der Waals surface area contributed by atoms with Crippen LogP contribution in [0.25, 0.3) is 11.3 Å². The average molecular weight is 229 g/mol. The van der Waals surface area contributed by atoms with Gasteiger partial charge in [-0.05, 0) is 5.56 Å². The number of amides is 1. The predicted molar refractivity (Wildman–Crippen MR) is 67.6 cm³/mol. The Bertz CT molecular complexity index is 517. The quantitative estimate of drug-likeness (QED) is 0.878. The van der Waals surface area contributed by atoms with E-state index in [1.54, 1.807) is 6.20 Å². The molecule has 0 aliphatic carbocycles. The van der Waals surface area contributed by atoms with Gasteiger partial charge in [0.05, 0.1) is 11.9 Å². The molecule has 0 bridgehead atoms. The third-order valence-electron chi connectivity index (χ3n) is 2.63. The summed E-state index contributed by atoms with van der Waals surface area (Å²) in [5.41, 5.74) is 2.07. The fourth-order valence-corrected chi connectivity index (χ4v) is 1.62. The molecule has 0 fully saturated rings. The molecule has 17 heavy (non-hydrogen) atoms. The van der Waals surface area contributed by atoms with Crippen LogP contribution in [-0.4, -0.2) is 15.5 Å². The van der Waals surface area contributed by atoms with Gasteiger partial charge in [0.2, 0.25) is 11.9 Å². The van der Waals surface area contributed by atoms with E-state index in [0.29, 0.717) is 12.4 Å². The summed E-state index contributed by atoms with van der Waals surface area (Å²) in [7, 11) is 1.89. The van der Waals surface area contributed by atoms with Crippen molar-refractivity contribution in [2.45, 2.75) is 13.3 Å². The molecule has 2 aromatic rings. The maximum Gasteiger partial charge on any atom is 0.226 e. The molecule has 0 radical (unpaired) electrons. The summed E-state index contributed by atoms with van der Waals surface area (Å²) < 4.78 is 1.88. The van der Waals surface area contributed by atoms with E-state index in [-0.39, 0.29) is 5.91 Å². The molecule has 2 rings (SSSR count). The maximum absolute atomic E-state index is 11.3. The number of aromatic nitrogens is 2. The number of hydrogen-bond acceptors (Lipinski definition) is 2. The first-order valence-corrected chi connectivity index (χ1v) is 5.59. The van der Waals surface area contributed by atoms with Gasteiger partial charge >= 0.3 is 0 Å². The van der Waals surface area contributed by atoms with Gasteiger partial charge in [-0.15, -0.1) is 0 Å². The molecule has 0 aliphatic heterocycles. The summed E-state index contributed by atoms with van der Waals surface area (Å²) >= 11 is 0. The molecule has 4 heteroatoms. The summed E-state index contributed by atoms with van der Waals surface area (Å²) in [5.74, 6) is 0.550. The van der Waals surface area contributed by atoms with Crippen molar-refractivity contribution in [2.24, 2.45) is 7.05 Å². The van der Waals surface area contributed by atoms with Crippen molar-refractivity contribution < 1.29 is 4.79 Å². The van der Waals surface area contributed by atoms with Crippen LogP contribution in [0.2, 0.25) is 0 Å². The standard InChI is InChI=1S/C13H15N3O/c1-3-12(17)15-13-14-9-11(16(13)2)10-7-5-4-6-8-10/h4-9H,3H2,1-2H3,(H,14,15,17). The van der Waals surface area contributed by atoms with Crippen molar-refractivity contribution in [3.63, 3.8) is 0 Å². The van der Waals surface area contributed by atoms with Gasteiger partial charge in [-0.25, -0.2) is 4.98 Å². The van der Waals surface area contributed by atoms with Crippen LogP contribution in [0.15, 0.2) is 36.5 Å². The van der Waals surface area contributed by atoms with E-state index in [1.165, 1.54) is 0 Å². The van der Waals surface area contributed by atoms with Gasteiger partial charge in [0, 0.05) is 13.5 Å². The molecule has 1 heterocycles. The van der Waals surface area contributed by atoms with Gasteiger partial charge in [-0.1, -0.05) is 37.3 Å². The van der Waals surface area contributed by atoms with E-state index in [4.69, 9.17) is 0 Å². The molecule has 1 amide bonds. The Morgan fingerprint density at radius 1 is 1.35 bits per heavy atom. The highest BCUT2D eigenvalue weighted by Gasteiger charge is 2.09. The van der Waals surface area contributed by atoms with Crippen molar-refractivity contribution in [3.8, 4) is 11.3 Å². The summed E-state index contributed by atoms with van der Waals surface area (Å²) in [4.78, 5) is 15.5. The zero-order valence-electron chi connectivity index (χ0n) is 9.97. The highest BCUT2D eigenvalue weighted by Crippen LogP contribution is 2.21.